The van der Waals surface area contributed by atoms with E-state index >= 15 is 0 Å². The van der Waals surface area contributed by atoms with Gasteiger partial charge in [-0.15, -0.1) is 11.3 Å². The number of amides is 1. The topological polar surface area (TPSA) is 38.1 Å². The molecule has 0 aliphatic carbocycles. The van der Waals surface area contributed by atoms with Crippen LogP contribution in [0.1, 0.15) is 23.5 Å². The molecule has 140 valence electrons. The fourth-order valence-corrected chi connectivity index (χ4v) is 5.00. The Labute approximate surface area is 168 Å². The fourth-order valence-electron chi connectivity index (χ4n) is 3.60. The van der Waals surface area contributed by atoms with Gasteiger partial charge in [-0.05, 0) is 30.9 Å². The summed E-state index contributed by atoms with van der Waals surface area (Å²) in [6.45, 7) is 1.61. The molecule has 3 aromatic rings. The molecular formula is C21H22ClN3OS. The normalized spacial score (nSPS) is 15.9. The number of rotatable bonds is 4. The molecule has 0 atom stereocenters. The second-order valence-electron chi connectivity index (χ2n) is 7.04. The molecule has 1 aromatic carbocycles. The van der Waals surface area contributed by atoms with Crippen molar-refractivity contribution in [3.63, 3.8) is 0 Å². The third-order valence-electron chi connectivity index (χ3n) is 5.26. The highest BCUT2D eigenvalue weighted by molar-refractivity contribution is 7.20. The van der Waals surface area contributed by atoms with Crippen molar-refractivity contribution < 1.29 is 4.79 Å². The zero-order chi connectivity index (χ0) is 18.8. The molecule has 6 heteroatoms. The largest absolute Gasteiger partial charge is 0.339 e. The van der Waals surface area contributed by atoms with Gasteiger partial charge in [-0.3, -0.25) is 4.79 Å². The van der Waals surface area contributed by atoms with Gasteiger partial charge < -0.3 is 9.47 Å². The van der Waals surface area contributed by atoms with Crippen LogP contribution in [0.5, 0.6) is 0 Å². The average Bonchev–Trinajstić information content (AvgIpc) is 3.24. The summed E-state index contributed by atoms with van der Waals surface area (Å²) in [5.41, 5.74) is 0. The Morgan fingerprint density at radius 3 is 2.81 bits per heavy atom. The zero-order valence-electron chi connectivity index (χ0n) is 15.3. The van der Waals surface area contributed by atoms with E-state index in [2.05, 4.69) is 15.6 Å². The number of likely N-dealkylation sites (tertiary alicyclic amines) is 1. The third-order valence-corrected chi connectivity index (χ3v) is 6.91. The zero-order valence-corrected chi connectivity index (χ0v) is 16.8. The van der Waals surface area contributed by atoms with Gasteiger partial charge >= 0.3 is 0 Å². The van der Waals surface area contributed by atoms with Gasteiger partial charge in [0.25, 0.3) is 0 Å². The van der Waals surface area contributed by atoms with Crippen LogP contribution in [0, 0.1) is 5.92 Å². The van der Waals surface area contributed by atoms with Crippen molar-refractivity contribution in [2.75, 3.05) is 13.1 Å². The van der Waals surface area contributed by atoms with E-state index in [0.717, 1.165) is 58.2 Å². The molecule has 4 rings (SSSR count). The minimum Gasteiger partial charge on any atom is -0.339 e. The molecule has 0 spiro atoms. The molecular weight excluding hydrogens is 378 g/mol. The van der Waals surface area contributed by atoms with Gasteiger partial charge in [0.1, 0.15) is 5.82 Å². The van der Waals surface area contributed by atoms with E-state index in [9.17, 15) is 4.79 Å². The van der Waals surface area contributed by atoms with Gasteiger partial charge in [-0.2, -0.15) is 0 Å². The number of carbonyl (C=O) groups is 1. The van der Waals surface area contributed by atoms with Gasteiger partial charge in [0.2, 0.25) is 5.91 Å². The maximum Gasteiger partial charge on any atom is 0.246 e. The second kappa shape index (κ2) is 7.87. The summed E-state index contributed by atoms with van der Waals surface area (Å²) in [7, 11) is 2.03. The standard InChI is InChI=1S/C21H22ClN3OS/c1-24-13-10-23-19(24)14-15-8-11-25(12-9-15)20(26)7-6-18-21(22)16-4-2-3-5-17(16)27-18/h2-7,10,13,15H,8-9,11-12,14H2,1H3/b7-6+. The third kappa shape index (κ3) is 3.94. The van der Waals surface area contributed by atoms with E-state index in [1.807, 2.05) is 48.6 Å². The van der Waals surface area contributed by atoms with E-state index in [1.165, 1.54) is 0 Å². The maximum atomic E-state index is 12.6. The van der Waals surface area contributed by atoms with Crippen LogP contribution in [0.4, 0.5) is 0 Å². The van der Waals surface area contributed by atoms with Crippen LogP contribution in [-0.2, 0) is 18.3 Å². The average molecular weight is 400 g/mol. The number of halogens is 1. The van der Waals surface area contributed by atoms with Crippen LogP contribution in [-0.4, -0.2) is 33.4 Å². The molecule has 0 N–H and O–H groups in total. The molecule has 1 aliphatic rings. The first-order valence-electron chi connectivity index (χ1n) is 9.22. The monoisotopic (exact) mass is 399 g/mol. The lowest BCUT2D eigenvalue weighted by Crippen LogP contribution is -2.38. The van der Waals surface area contributed by atoms with Crippen LogP contribution in [0.3, 0.4) is 0 Å². The van der Waals surface area contributed by atoms with Gasteiger partial charge in [-0.1, -0.05) is 29.8 Å². The number of thiophene rings is 1. The number of fused-ring (bicyclic) bond motifs is 1. The number of imidazole rings is 1. The SMILES string of the molecule is Cn1ccnc1CC1CCN(C(=O)/C=C/c2sc3ccccc3c2Cl)CC1. The van der Waals surface area contributed by atoms with Crippen LogP contribution >= 0.6 is 22.9 Å². The molecule has 3 heterocycles. The Kier molecular flexibility index (Phi) is 5.32. The highest BCUT2D eigenvalue weighted by Crippen LogP contribution is 2.36. The smallest absolute Gasteiger partial charge is 0.246 e. The number of aryl methyl sites for hydroxylation is 1. The van der Waals surface area contributed by atoms with Crippen molar-refractivity contribution in [1.82, 2.24) is 14.5 Å². The molecule has 0 radical (unpaired) electrons. The lowest BCUT2D eigenvalue weighted by molar-refractivity contribution is -0.127. The predicted octanol–water partition coefficient (Wildman–Crippen LogP) is 4.78. The Balaban J connectivity index is 1.35. The highest BCUT2D eigenvalue weighted by Gasteiger charge is 2.22. The summed E-state index contributed by atoms with van der Waals surface area (Å²) in [6, 6.07) is 8.05. The van der Waals surface area contributed by atoms with Gasteiger partial charge in [0.15, 0.2) is 0 Å². The number of benzene rings is 1. The van der Waals surface area contributed by atoms with E-state index in [-0.39, 0.29) is 5.91 Å². The van der Waals surface area contributed by atoms with Crippen molar-refractivity contribution >= 4 is 45.0 Å². The minimum absolute atomic E-state index is 0.0685. The molecule has 0 unspecified atom stereocenters. The van der Waals surface area contributed by atoms with Crippen molar-refractivity contribution in [2.45, 2.75) is 19.3 Å². The van der Waals surface area contributed by atoms with Gasteiger partial charge in [0, 0.05) is 60.0 Å². The molecule has 1 fully saturated rings. The van der Waals surface area contributed by atoms with Crippen molar-refractivity contribution in [1.29, 1.82) is 0 Å². The Morgan fingerprint density at radius 1 is 1.33 bits per heavy atom. The summed E-state index contributed by atoms with van der Waals surface area (Å²) in [4.78, 5) is 19.9. The lowest BCUT2D eigenvalue weighted by Gasteiger charge is -2.31. The quantitative estimate of drug-likeness (QED) is 0.592. The maximum absolute atomic E-state index is 12.6. The first kappa shape index (κ1) is 18.3. The number of hydrogen-bond donors (Lipinski definition) is 0. The highest BCUT2D eigenvalue weighted by atomic mass is 35.5. The van der Waals surface area contributed by atoms with Crippen LogP contribution in [0.25, 0.3) is 16.2 Å². The second-order valence-corrected chi connectivity index (χ2v) is 8.50. The molecule has 0 bridgehead atoms. The summed E-state index contributed by atoms with van der Waals surface area (Å²) < 4.78 is 3.22. The van der Waals surface area contributed by atoms with Crippen LogP contribution < -0.4 is 0 Å². The molecule has 1 aliphatic heterocycles. The number of hydrogen-bond acceptors (Lipinski definition) is 3. The molecule has 4 nitrogen and oxygen atoms in total. The summed E-state index contributed by atoms with van der Waals surface area (Å²) >= 11 is 8.07. The summed E-state index contributed by atoms with van der Waals surface area (Å²) in [5.74, 6) is 1.79. The van der Waals surface area contributed by atoms with Crippen molar-refractivity contribution in [2.24, 2.45) is 13.0 Å². The molecule has 1 amide bonds. The fraction of sp³-hybridized carbons (Fsp3) is 0.333. The Bertz CT molecular complexity index is 982. The Hall–Kier alpha value is -2.11. The molecule has 0 saturated carbocycles. The number of piperidine rings is 1. The molecule has 1 saturated heterocycles. The molecule has 2 aromatic heterocycles. The minimum atomic E-state index is 0.0685. The summed E-state index contributed by atoms with van der Waals surface area (Å²) in [5, 5.41) is 1.78. The number of carbonyl (C=O) groups excluding carboxylic acids is 1. The Morgan fingerprint density at radius 2 is 2.11 bits per heavy atom. The van der Waals surface area contributed by atoms with E-state index in [0.29, 0.717) is 5.92 Å². The molecule has 27 heavy (non-hydrogen) atoms. The van der Waals surface area contributed by atoms with Crippen LogP contribution in [0.2, 0.25) is 5.02 Å². The first-order valence-corrected chi connectivity index (χ1v) is 10.4. The van der Waals surface area contributed by atoms with E-state index in [1.54, 1.807) is 17.4 Å². The van der Waals surface area contributed by atoms with Crippen molar-refractivity contribution in [3.8, 4) is 0 Å². The van der Waals surface area contributed by atoms with Crippen LogP contribution in [0.15, 0.2) is 42.7 Å². The van der Waals surface area contributed by atoms with E-state index in [4.69, 9.17) is 11.6 Å². The first-order chi connectivity index (χ1) is 13.1. The number of nitrogens with zero attached hydrogens (tertiary/aromatic N) is 3. The number of aromatic nitrogens is 2. The predicted molar refractivity (Wildman–Crippen MR) is 112 cm³/mol. The summed E-state index contributed by atoms with van der Waals surface area (Å²) in [6.07, 6.45) is 10.4. The van der Waals surface area contributed by atoms with Gasteiger partial charge in [-0.25, -0.2) is 4.98 Å². The van der Waals surface area contributed by atoms with E-state index < -0.39 is 0 Å². The lowest BCUT2D eigenvalue weighted by atomic mass is 9.93. The van der Waals surface area contributed by atoms with Crippen molar-refractivity contribution in [3.05, 3.63) is 58.5 Å². The van der Waals surface area contributed by atoms with Gasteiger partial charge in [0.05, 0.1) is 5.02 Å².